The Morgan fingerprint density at radius 1 is 1.07 bits per heavy atom. The molecule has 0 radical (unpaired) electrons. The minimum atomic E-state index is -3.60. The molecule has 28 heavy (non-hydrogen) atoms. The van der Waals surface area contributed by atoms with Crippen molar-refractivity contribution >= 4 is 33.0 Å². The van der Waals surface area contributed by atoms with Gasteiger partial charge in [-0.2, -0.15) is 0 Å². The molecule has 0 heterocycles. The maximum atomic E-state index is 13.6. The predicted octanol–water partition coefficient (Wildman–Crippen LogP) is 2.87. The third-order valence-electron chi connectivity index (χ3n) is 4.03. The number of carbonyl (C=O) groups is 1. The Labute approximate surface area is 165 Å². The summed E-state index contributed by atoms with van der Waals surface area (Å²) in [6, 6.07) is 9.08. The molecule has 2 aromatic rings. The van der Waals surface area contributed by atoms with Crippen LogP contribution in [0.4, 0.5) is 21.5 Å². The van der Waals surface area contributed by atoms with Gasteiger partial charge in [-0.15, -0.1) is 0 Å². The molecule has 152 valence electrons. The summed E-state index contributed by atoms with van der Waals surface area (Å²) in [5.41, 5.74) is 2.00. The zero-order chi connectivity index (χ0) is 20.9. The van der Waals surface area contributed by atoms with Crippen LogP contribution in [0.15, 0.2) is 41.3 Å². The smallest absolute Gasteiger partial charge is 0.243 e. The highest BCUT2D eigenvalue weighted by atomic mass is 32.2. The molecular weight excluding hydrogens is 383 g/mol. The van der Waals surface area contributed by atoms with Gasteiger partial charge in [-0.3, -0.25) is 4.79 Å². The molecule has 9 heteroatoms. The number of halogens is 1. The van der Waals surface area contributed by atoms with Gasteiger partial charge in [-0.1, -0.05) is 6.07 Å². The standard InChI is InChI=1S/C19H25FN4O3S/c1-5-21-17-9-8-15(28(26,27)24(3)4)11-18(17)22-12-19(25)23-14-7-6-13(2)16(20)10-14/h6-11,21-22H,5,12H2,1-4H3,(H,23,25). The third-order valence-corrected chi connectivity index (χ3v) is 5.84. The second-order valence-corrected chi connectivity index (χ2v) is 8.54. The molecule has 0 atom stereocenters. The van der Waals surface area contributed by atoms with Gasteiger partial charge in [0.2, 0.25) is 15.9 Å². The fraction of sp³-hybridized carbons (Fsp3) is 0.316. The van der Waals surface area contributed by atoms with Crippen LogP contribution in [-0.2, 0) is 14.8 Å². The maximum Gasteiger partial charge on any atom is 0.243 e. The van der Waals surface area contributed by atoms with Crippen molar-refractivity contribution in [2.45, 2.75) is 18.7 Å². The lowest BCUT2D eigenvalue weighted by Gasteiger charge is -2.17. The third kappa shape index (κ3) is 5.20. The highest BCUT2D eigenvalue weighted by Gasteiger charge is 2.19. The van der Waals surface area contributed by atoms with Crippen molar-refractivity contribution in [2.24, 2.45) is 0 Å². The molecule has 0 aliphatic carbocycles. The number of anilines is 3. The van der Waals surface area contributed by atoms with Crippen molar-refractivity contribution in [1.29, 1.82) is 0 Å². The highest BCUT2D eigenvalue weighted by molar-refractivity contribution is 7.89. The van der Waals surface area contributed by atoms with Crippen LogP contribution < -0.4 is 16.0 Å². The molecule has 0 spiro atoms. The summed E-state index contributed by atoms with van der Waals surface area (Å²) in [6.07, 6.45) is 0. The number of carbonyl (C=O) groups excluding carboxylic acids is 1. The lowest BCUT2D eigenvalue weighted by atomic mass is 10.2. The van der Waals surface area contributed by atoms with Crippen LogP contribution in [0.25, 0.3) is 0 Å². The Balaban J connectivity index is 2.16. The van der Waals surface area contributed by atoms with Crippen molar-refractivity contribution in [3.8, 4) is 0 Å². The van der Waals surface area contributed by atoms with Crippen LogP contribution in [0.1, 0.15) is 12.5 Å². The van der Waals surface area contributed by atoms with Gasteiger partial charge in [-0.05, 0) is 49.7 Å². The summed E-state index contributed by atoms with van der Waals surface area (Å²) >= 11 is 0. The van der Waals surface area contributed by atoms with E-state index in [4.69, 9.17) is 0 Å². The van der Waals surface area contributed by atoms with Gasteiger partial charge in [0.1, 0.15) is 5.82 Å². The topological polar surface area (TPSA) is 90.5 Å². The van der Waals surface area contributed by atoms with Gasteiger partial charge in [0.25, 0.3) is 0 Å². The zero-order valence-electron chi connectivity index (χ0n) is 16.3. The number of rotatable bonds is 8. The first-order valence-electron chi connectivity index (χ1n) is 8.75. The highest BCUT2D eigenvalue weighted by Crippen LogP contribution is 2.26. The van der Waals surface area contributed by atoms with Gasteiger partial charge in [0.05, 0.1) is 22.8 Å². The van der Waals surface area contributed by atoms with Crippen LogP contribution in [0, 0.1) is 12.7 Å². The molecule has 0 unspecified atom stereocenters. The lowest BCUT2D eigenvalue weighted by Crippen LogP contribution is -2.24. The van der Waals surface area contributed by atoms with E-state index in [0.29, 0.717) is 29.2 Å². The molecule has 2 rings (SSSR count). The average molecular weight is 408 g/mol. The van der Waals surface area contributed by atoms with Crippen molar-refractivity contribution in [3.63, 3.8) is 0 Å². The number of aryl methyl sites for hydroxylation is 1. The van der Waals surface area contributed by atoms with E-state index in [-0.39, 0.29) is 17.3 Å². The maximum absolute atomic E-state index is 13.6. The number of nitrogens with one attached hydrogen (secondary N) is 3. The summed E-state index contributed by atoms with van der Waals surface area (Å²) in [4.78, 5) is 12.3. The number of hydrogen-bond acceptors (Lipinski definition) is 5. The molecule has 0 aliphatic heterocycles. The van der Waals surface area contributed by atoms with E-state index in [1.165, 1.54) is 32.3 Å². The van der Waals surface area contributed by atoms with Gasteiger partial charge < -0.3 is 16.0 Å². The van der Waals surface area contributed by atoms with Crippen molar-refractivity contribution < 1.29 is 17.6 Å². The summed E-state index contributed by atoms with van der Waals surface area (Å²) in [5, 5.41) is 8.67. The largest absolute Gasteiger partial charge is 0.384 e. The molecule has 0 saturated heterocycles. The minimum Gasteiger partial charge on any atom is -0.384 e. The molecule has 0 bridgehead atoms. The quantitative estimate of drug-likeness (QED) is 0.625. The summed E-state index contributed by atoms with van der Waals surface area (Å²) in [7, 11) is -0.697. The minimum absolute atomic E-state index is 0.112. The first kappa shape index (κ1) is 21.6. The van der Waals surface area contributed by atoms with E-state index < -0.39 is 15.8 Å². The van der Waals surface area contributed by atoms with Crippen molar-refractivity contribution in [1.82, 2.24) is 4.31 Å². The van der Waals surface area contributed by atoms with Crippen LogP contribution in [-0.4, -0.2) is 45.8 Å². The Morgan fingerprint density at radius 2 is 1.79 bits per heavy atom. The fourth-order valence-electron chi connectivity index (χ4n) is 2.44. The van der Waals surface area contributed by atoms with Crippen LogP contribution in [0.3, 0.4) is 0 Å². The molecule has 3 N–H and O–H groups in total. The van der Waals surface area contributed by atoms with Gasteiger partial charge in [0.15, 0.2) is 0 Å². The first-order chi connectivity index (χ1) is 13.1. The van der Waals surface area contributed by atoms with Crippen molar-refractivity contribution in [2.75, 3.05) is 43.1 Å². The fourth-order valence-corrected chi connectivity index (χ4v) is 3.37. The normalized spacial score (nSPS) is 11.4. The number of amides is 1. The first-order valence-corrected chi connectivity index (χ1v) is 10.2. The molecule has 0 aliphatic rings. The second kappa shape index (κ2) is 9.03. The zero-order valence-corrected chi connectivity index (χ0v) is 17.2. The van der Waals surface area contributed by atoms with Gasteiger partial charge >= 0.3 is 0 Å². The van der Waals surface area contributed by atoms with Crippen LogP contribution >= 0.6 is 0 Å². The molecule has 1 amide bonds. The van der Waals surface area contributed by atoms with Gasteiger partial charge in [-0.25, -0.2) is 17.1 Å². The molecule has 0 fully saturated rings. The van der Waals surface area contributed by atoms with Gasteiger partial charge in [0, 0.05) is 26.3 Å². The molecule has 7 nitrogen and oxygen atoms in total. The van der Waals surface area contributed by atoms with E-state index >= 15 is 0 Å². The summed E-state index contributed by atoms with van der Waals surface area (Å²) in [5.74, 6) is -0.784. The number of benzene rings is 2. The molecule has 0 saturated carbocycles. The molecular formula is C19H25FN4O3S. The molecule has 2 aromatic carbocycles. The van der Waals surface area contributed by atoms with Crippen LogP contribution in [0.2, 0.25) is 0 Å². The van der Waals surface area contributed by atoms with E-state index in [9.17, 15) is 17.6 Å². The Morgan fingerprint density at radius 3 is 2.39 bits per heavy atom. The van der Waals surface area contributed by atoms with E-state index in [1.54, 1.807) is 25.1 Å². The van der Waals surface area contributed by atoms with E-state index in [0.717, 1.165) is 4.31 Å². The van der Waals surface area contributed by atoms with E-state index in [2.05, 4.69) is 16.0 Å². The molecule has 0 aromatic heterocycles. The average Bonchev–Trinajstić information content (AvgIpc) is 2.64. The van der Waals surface area contributed by atoms with E-state index in [1.807, 2.05) is 6.92 Å². The second-order valence-electron chi connectivity index (χ2n) is 6.39. The Kier molecular flexibility index (Phi) is 6.98. The summed E-state index contributed by atoms with van der Waals surface area (Å²) < 4.78 is 39.4. The predicted molar refractivity (Wildman–Crippen MR) is 110 cm³/mol. The monoisotopic (exact) mass is 408 g/mol. The van der Waals surface area contributed by atoms with Crippen LogP contribution in [0.5, 0.6) is 0 Å². The lowest BCUT2D eigenvalue weighted by molar-refractivity contribution is -0.114. The number of sulfonamides is 1. The number of hydrogen-bond donors (Lipinski definition) is 3. The van der Waals surface area contributed by atoms with Crippen molar-refractivity contribution in [3.05, 3.63) is 47.8 Å². The Bertz CT molecular complexity index is 962. The SMILES string of the molecule is CCNc1ccc(S(=O)(=O)N(C)C)cc1NCC(=O)Nc1ccc(C)c(F)c1. The summed E-state index contributed by atoms with van der Waals surface area (Å²) in [6.45, 7) is 4.06. The number of nitrogens with zero attached hydrogens (tertiary/aromatic N) is 1. The Hall–Kier alpha value is -2.65.